The van der Waals surface area contributed by atoms with Crippen LogP contribution < -0.4 is 0 Å². The van der Waals surface area contributed by atoms with Crippen molar-refractivity contribution in [2.24, 2.45) is 0 Å². The quantitative estimate of drug-likeness (QED) is 0.642. The summed E-state index contributed by atoms with van der Waals surface area (Å²) in [6, 6.07) is 0. The van der Waals surface area contributed by atoms with E-state index in [2.05, 4.69) is 31.9 Å². The predicted octanol–water partition coefficient (Wildman–Crippen LogP) is 1.67. The molecule has 0 spiro atoms. The van der Waals surface area contributed by atoms with Gasteiger partial charge in [-0.2, -0.15) is 0 Å². The minimum atomic E-state index is -0.139. The molecule has 3 atom stereocenters. The molecule has 0 bridgehead atoms. The van der Waals surface area contributed by atoms with Gasteiger partial charge in [0.05, 0.1) is 10.9 Å². The highest BCUT2D eigenvalue weighted by atomic mass is 79.9. The Balaban J connectivity index is 2.44. The fourth-order valence-electron chi connectivity index (χ4n) is 0.889. The lowest BCUT2D eigenvalue weighted by molar-refractivity contribution is 0.190. The first-order valence-electron chi connectivity index (χ1n) is 2.68. The summed E-state index contributed by atoms with van der Waals surface area (Å²) in [5.74, 6) is 0. The normalized spacial score (nSPS) is 47.6. The van der Waals surface area contributed by atoms with Crippen LogP contribution >= 0.6 is 31.9 Å². The van der Waals surface area contributed by atoms with Gasteiger partial charge in [0, 0.05) is 4.83 Å². The number of halogens is 2. The van der Waals surface area contributed by atoms with E-state index in [9.17, 15) is 0 Å². The Hall–Kier alpha value is 0.920. The van der Waals surface area contributed by atoms with E-state index in [1.165, 1.54) is 0 Å². The molecule has 1 N–H and O–H groups in total. The zero-order chi connectivity index (χ0) is 6.15. The Kier molecular flexibility index (Phi) is 2.35. The maximum absolute atomic E-state index is 9.09. The first kappa shape index (κ1) is 7.03. The van der Waals surface area contributed by atoms with E-state index >= 15 is 0 Å². The van der Waals surface area contributed by atoms with Gasteiger partial charge in [0.15, 0.2) is 0 Å². The molecule has 1 nitrogen and oxygen atoms in total. The van der Waals surface area contributed by atoms with Crippen LogP contribution in [0.1, 0.15) is 12.8 Å². The number of alkyl halides is 2. The zero-order valence-electron chi connectivity index (χ0n) is 4.35. The maximum Gasteiger partial charge on any atom is 0.0676 e. The maximum atomic E-state index is 9.09. The average Bonchev–Trinajstić information content (AvgIpc) is 1.98. The lowest BCUT2D eigenvalue weighted by Crippen LogP contribution is -2.17. The largest absolute Gasteiger partial charge is 0.392 e. The number of aliphatic hydroxyl groups excluding tert-OH is 1. The summed E-state index contributed by atoms with van der Waals surface area (Å²) >= 11 is 6.81. The Morgan fingerprint density at radius 3 is 2.00 bits per heavy atom. The van der Waals surface area contributed by atoms with Crippen LogP contribution in [0.3, 0.4) is 0 Å². The molecule has 8 heavy (non-hydrogen) atoms. The van der Waals surface area contributed by atoms with Gasteiger partial charge in [-0.25, -0.2) is 0 Å². The molecule has 0 aliphatic heterocycles. The van der Waals surface area contributed by atoms with Crippen molar-refractivity contribution in [1.82, 2.24) is 0 Å². The Morgan fingerprint density at radius 1 is 1.25 bits per heavy atom. The highest BCUT2D eigenvalue weighted by Gasteiger charge is 2.30. The van der Waals surface area contributed by atoms with Gasteiger partial charge in [-0.05, 0) is 12.8 Å². The average molecular weight is 244 g/mol. The number of rotatable bonds is 0. The van der Waals surface area contributed by atoms with Crippen molar-refractivity contribution in [2.75, 3.05) is 0 Å². The zero-order valence-corrected chi connectivity index (χ0v) is 7.52. The molecule has 3 heteroatoms. The number of hydrogen-bond donors (Lipinski definition) is 1. The van der Waals surface area contributed by atoms with Crippen molar-refractivity contribution in [3.8, 4) is 0 Å². The third-order valence-corrected chi connectivity index (χ3v) is 4.44. The minimum Gasteiger partial charge on any atom is -0.392 e. The van der Waals surface area contributed by atoms with Gasteiger partial charge < -0.3 is 5.11 Å². The van der Waals surface area contributed by atoms with E-state index in [-0.39, 0.29) is 10.9 Å². The van der Waals surface area contributed by atoms with Crippen molar-refractivity contribution in [3.05, 3.63) is 0 Å². The Bertz CT molecular complexity index is 76.5. The van der Waals surface area contributed by atoms with Crippen LogP contribution in [0.25, 0.3) is 0 Å². The van der Waals surface area contributed by atoms with Crippen LogP contribution in [-0.2, 0) is 0 Å². The van der Waals surface area contributed by atoms with Crippen molar-refractivity contribution in [3.63, 3.8) is 0 Å². The topological polar surface area (TPSA) is 20.2 Å². The van der Waals surface area contributed by atoms with Crippen molar-refractivity contribution in [1.29, 1.82) is 0 Å². The van der Waals surface area contributed by atoms with Gasteiger partial charge in [-0.3, -0.25) is 0 Å². The summed E-state index contributed by atoms with van der Waals surface area (Å²) in [7, 11) is 0. The molecular weight excluding hydrogens is 236 g/mol. The molecule has 0 heterocycles. The molecule has 1 saturated carbocycles. The molecule has 0 radical (unpaired) electrons. The van der Waals surface area contributed by atoms with Gasteiger partial charge in [-0.1, -0.05) is 31.9 Å². The summed E-state index contributed by atoms with van der Waals surface area (Å²) in [5.41, 5.74) is 0. The lowest BCUT2D eigenvalue weighted by atomic mass is 10.3. The molecule has 0 aromatic heterocycles. The van der Waals surface area contributed by atoms with Crippen molar-refractivity contribution in [2.45, 2.75) is 28.6 Å². The smallest absolute Gasteiger partial charge is 0.0676 e. The summed E-state index contributed by atoms with van der Waals surface area (Å²) in [6.07, 6.45) is 1.86. The van der Waals surface area contributed by atoms with Gasteiger partial charge in [-0.15, -0.1) is 0 Å². The molecule has 1 fully saturated rings. The highest BCUT2D eigenvalue weighted by molar-refractivity contribution is 9.12. The van der Waals surface area contributed by atoms with E-state index in [1.54, 1.807) is 0 Å². The van der Waals surface area contributed by atoms with Crippen LogP contribution in [0, 0.1) is 0 Å². The third kappa shape index (κ3) is 1.25. The Labute approximate surface area is 65.7 Å². The summed E-state index contributed by atoms with van der Waals surface area (Å²) < 4.78 is 0. The van der Waals surface area contributed by atoms with E-state index in [0.29, 0.717) is 4.83 Å². The monoisotopic (exact) mass is 242 g/mol. The van der Waals surface area contributed by atoms with E-state index in [0.717, 1.165) is 12.8 Å². The molecule has 0 aromatic rings. The second-order valence-electron chi connectivity index (χ2n) is 2.11. The summed E-state index contributed by atoms with van der Waals surface area (Å²) in [5, 5.41) is 9.09. The van der Waals surface area contributed by atoms with Crippen molar-refractivity contribution < 1.29 is 5.11 Å². The first-order valence-corrected chi connectivity index (χ1v) is 4.51. The second kappa shape index (κ2) is 2.67. The van der Waals surface area contributed by atoms with Crippen LogP contribution in [0.5, 0.6) is 0 Å². The van der Waals surface area contributed by atoms with Crippen LogP contribution in [-0.4, -0.2) is 20.9 Å². The first-order chi connectivity index (χ1) is 3.72. The summed E-state index contributed by atoms with van der Waals surface area (Å²) in [6.45, 7) is 0. The van der Waals surface area contributed by atoms with Crippen LogP contribution in [0.2, 0.25) is 0 Å². The molecule has 0 saturated heterocycles. The minimum absolute atomic E-state index is 0.139. The second-order valence-corrected chi connectivity index (χ2v) is 4.34. The third-order valence-electron chi connectivity index (χ3n) is 1.45. The standard InChI is InChI=1S/C5H8Br2O/c6-3-1-2-4(8)5(3)7/h3-5,8H,1-2H2. The Morgan fingerprint density at radius 2 is 1.88 bits per heavy atom. The fourth-order valence-corrected chi connectivity index (χ4v) is 2.03. The molecular formula is C5H8Br2O. The molecule has 1 rings (SSSR count). The molecule has 3 unspecified atom stereocenters. The van der Waals surface area contributed by atoms with E-state index in [4.69, 9.17) is 5.11 Å². The van der Waals surface area contributed by atoms with Gasteiger partial charge in [0.25, 0.3) is 0 Å². The molecule has 48 valence electrons. The SMILES string of the molecule is OC1CCC(Br)C1Br. The van der Waals surface area contributed by atoms with Crippen LogP contribution in [0.4, 0.5) is 0 Å². The van der Waals surface area contributed by atoms with Gasteiger partial charge in [0.2, 0.25) is 0 Å². The molecule has 1 aliphatic carbocycles. The van der Waals surface area contributed by atoms with Gasteiger partial charge in [0.1, 0.15) is 0 Å². The molecule has 0 aromatic carbocycles. The van der Waals surface area contributed by atoms with Crippen molar-refractivity contribution >= 4 is 31.9 Å². The molecule has 0 amide bonds. The van der Waals surface area contributed by atoms with Crippen LogP contribution in [0.15, 0.2) is 0 Å². The lowest BCUT2D eigenvalue weighted by Gasteiger charge is -2.07. The molecule has 1 aliphatic rings. The fraction of sp³-hybridized carbons (Fsp3) is 1.00. The summed E-state index contributed by atoms with van der Waals surface area (Å²) in [4.78, 5) is 0.736. The van der Waals surface area contributed by atoms with E-state index in [1.807, 2.05) is 0 Å². The number of hydrogen-bond acceptors (Lipinski definition) is 1. The van der Waals surface area contributed by atoms with E-state index < -0.39 is 0 Å². The predicted molar refractivity (Wildman–Crippen MR) is 40.7 cm³/mol. The highest BCUT2D eigenvalue weighted by Crippen LogP contribution is 2.31. The van der Waals surface area contributed by atoms with Gasteiger partial charge >= 0.3 is 0 Å². The number of aliphatic hydroxyl groups is 1.